The summed E-state index contributed by atoms with van der Waals surface area (Å²) in [5.41, 5.74) is 3.81. The van der Waals surface area contributed by atoms with E-state index >= 15 is 0 Å². The number of aryl methyl sites for hydroxylation is 2. The number of aromatic nitrogens is 2. The molecular formula is C15H19N3O. The molecule has 1 aromatic heterocycles. The van der Waals surface area contributed by atoms with Crippen molar-refractivity contribution in [2.45, 2.75) is 32.8 Å². The largest absolute Gasteiger partial charge is 0.490 e. The van der Waals surface area contributed by atoms with Gasteiger partial charge in [0.1, 0.15) is 11.9 Å². The summed E-state index contributed by atoms with van der Waals surface area (Å²) in [5, 5.41) is 3.34. The molecule has 1 aliphatic heterocycles. The molecule has 19 heavy (non-hydrogen) atoms. The SMILES string of the molecule is Cc1nc2ccc(OC3CCNCC3)cc2nc1C. The minimum Gasteiger partial charge on any atom is -0.490 e. The maximum Gasteiger partial charge on any atom is 0.122 e. The highest BCUT2D eigenvalue weighted by Gasteiger charge is 2.14. The number of hydrogen-bond donors (Lipinski definition) is 1. The van der Waals surface area contributed by atoms with Gasteiger partial charge in [0.2, 0.25) is 0 Å². The Balaban J connectivity index is 1.86. The number of fused-ring (bicyclic) bond motifs is 1. The third kappa shape index (κ3) is 2.68. The van der Waals surface area contributed by atoms with Crippen molar-refractivity contribution in [2.75, 3.05) is 13.1 Å². The van der Waals surface area contributed by atoms with Gasteiger partial charge in [-0.05, 0) is 51.9 Å². The first-order valence-corrected chi connectivity index (χ1v) is 6.85. The van der Waals surface area contributed by atoms with E-state index in [0.717, 1.165) is 54.1 Å². The van der Waals surface area contributed by atoms with Gasteiger partial charge in [0.05, 0.1) is 22.4 Å². The van der Waals surface area contributed by atoms with Crippen molar-refractivity contribution in [1.29, 1.82) is 0 Å². The fourth-order valence-electron chi connectivity index (χ4n) is 2.39. The minimum absolute atomic E-state index is 0.318. The standard InChI is InChI=1S/C15H19N3O/c1-10-11(2)18-15-9-13(3-4-14(15)17-10)19-12-5-7-16-8-6-12/h3-4,9,12,16H,5-8H2,1-2H3. The summed E-state index contributed by atoms with van der Waals surface area (Å²) in [6.07, 6.45) is 2.45. The average Bonchev–Trinajstić information content (AvgIpc) is 2.42. The number of rotatable bonds is 2. The molecule has 4 heteroatoms. The van der Waals surface area contributed by atoms with E-state index in [1.54, 1.807) is 0 Å². The van der Waals surface area contributed by atoms with Crippen molar-refractivity contribution in [3.05, 3.63) is 29.6 Å². The van der Waals surface area contributed by atoms with Crippen LogP contribution >= 0.6 is 0 Å². The molecule has 0 amide bonds. The molecule has 0 radical (unpaired) electrons. The summed E-state index contributed by atoms with van der Waals surface area (Å²) in [5.74, 6) is 0.900. The van der Waals surface area contributed by atoms with Crippen molar-refractivity contribution < 1.29 is 4.74 Å². The number of piperidine rings is 1. The predicted molar refractivity (Wildman–Crippen MR) is 75.5 cm³/mol. The van der Waals surface area contributed by atoms with Gasteiger partial charge in [-0.15, -0.1) is 0 Å². The molecule has 2 heterocycles. The second kappa shape index (κ2) is 5.13. The number of benzene rings is 1. The Kier molecular flexibility index (Phi) is 3.34. The van der Waals surface area contributed by atoms with Gasteiger partial charge in [-0.1, -0.05) is 0 Å². The molecular weight excluding hydrogens is 238 g/mol. The Labute approximate surface area is 113 Å². The van der Waals surface area contributed by atoms with E-state index in [-0.39, 0.29) is 0 Å². The molecule has 3 rings (SSSR count). The smallest absolute Gasteiger partial charge is 0.122 e. The van der Waals surface area contributed by atoms with Crippen LogP contribution < -0.4 is 10.1 Å². The molecule has 0 saturated carbocycles. The second-order valence-corrected chi connectivity index (χ2v) is 5.11. The van der Waals surface area contributed by atoms with E-state index < -0.39 is 0 Å². The molecule has 1 N–H and O–H groups in total. The number of nitrogens with one attached hydrogen (secondary N) is 1. The zero-order valence-corrected chi connectivity index (χ0v) is 11.4. The molecule has 4 nitrogen and oxygen atoms in total. The van der Waals surface area contributed by atoms with Crippen molar-refractivity contribution in [2.24, 2.45) is 0 Å². The molecule has 1 fully saturated rings. The highest BCUT2D eigenvalue weighted by Crippen LogP contribution is 2.22. The lowest BCUT2D eigenvalue weighted by Gasteiger charge is -2.23. The van der Waals surface area contributed by atoms with Crippen LogP contribution in [0.15, 0.2) is 18.2 Å². The highest BCUT2D eigenvalue weighted by molar-refractivity contribution is 5.76. The monoisotopic (exact) mass is 257 g/mol. The lowest BCUT2D eigenvalue weighted by molar-refractivity contribution is 0.162. The van der Waals surface area contributed by atoms with Crippen molar-refractivity contribution in [3.8, 4) is 5.75 Å². The van der Waals surface area contributed by atoms with E-state index in [1.807, 2.05) is 32.0 Å². The molecule has 1 aromatic carbocycles. The van der Waals surface area contributed by atoms with Crippen LogP contribution in [0, 0.1) is 13.8 Å². The molecule has 0 atom stereocenters. The van der Waals surface area contributed by atoms with Crippen LogP contribution in [-0.2, 0) is 0 Å². The first-order chi connectivity index (χ1) is 9.22. The second-order valence-electron chi connectivity index (χ2n) is 5.11. The van der Waals surface area contributed by atoms with Gasteiger partial charge < -0.3 is 10.1 Å². The van der Waals surface area contributed by atoms with Crippen LogP contribution in [0.3, 0.4) is 0 Å². The van der Waals surface area contributed by atoms with E-state index in [9.17, 15) is 0 Å². The fourth-order valence-corrected chi connectivity index (χ4v) is 2.39. The first kappa shape index (κ1) is 12.4. The molecule has 1 saturated heterocycles. The molecule has 2 aromatic rings. The van der Waals surface area contributed by atoms with Crippen LogP contribution in [0.4, 0.5) is 0 Å². The molecule has 1 aliphatic rings. The lowest BCUT2D eigenvalue weighted by atomic mass is 10.1. The fraction of sp³-hybridized carbons (Fsp3) is 0.467. The summed E-state index contributed by atoms with van der Waals surface area (Å²) in [6.45, 7) is 6.05. The summed E-state index contributed by atoms with van der Waals surface area (Å²) >= 11 is 0. The van der Waals surface area contributed by atoms with Gasteiger partial charge in [-0.2, -0.15) is 0 Å². The summed E-state index contributed by atoms with van der Waals surface area (Å²) < 4.78 is 6.03. The Morgan fingerprint density at radius 2 is 1.74 bits per heavy atom. The maximum absolute atomic E-state index is 6.03. The Morgan fingerprint density at radius 3 is 2.47 bits per heavy atom. The summed E-state index contributed by atoms with van der Waals surface area (Å²) in [4.78, 5) is 9.11. The zero-order chi connectivity index (χ0) is 13.2. The minimum atomic E-state index is 0.318. The number of hydrogen-bond acceptors (Lipinski definition) is 4. The summed E-state index contributed by atoms with van der Waals surface area (Å²) in [6, 6.07) is 5.98. The van der Waals surface area contributed by atoms with Gasteiger partial charge in [0.15, 0.2) is 0 Å². The van der Waals surface area contributed by atoms with Gasteiger partial charge in [0.25, 0.3) is 0 Å². The topological polar surface area (TPSA) is 47.0 Å². The maximum atomic E-state index is 6.03. The predicted octanol–water partition coefficient (Wildman–Crippen LogP) is 2.38. The molecule has 0 unspecified atom stereocenters. The molecule has 0 bridgehead atoms. The Morgan fingerprint density at radius 1 is 1.05 bits per heavy atom. The van der Waals surface area contributed by atoms with Crippen molar-refractivity contribution in [1.82, 2.24) is 15.3 Å². The van der Waals surface area contributed by atoms with Crippen molar-refractivity contribution >= 4 is 11.0 Å². The van der Waals surface area contributed by atoms with Crippen molar-refractivity contribution in [3.63, 3.8) is 0 Å². The molecule has 0 aliphatic carbocycles. The van der Waals surface area contributed by atoms with Gasteiger partial charge in [0, 0.05) is 6.07 Å². The normalized spacial score (nSPS) is 16.7. The molecule has 0 spiro atoms. The zero-order valence-electron chi connectivity index (χ0n) is 11.4. The van der Waals surface area contributed by atoms with Crippen LogP contribution in [0.1, 0.15) is 24.2 Å². The average molecular weight is 257 g/mol. The van der Waals surface area contributed by atoms with Crippen LogP contribution in [0.25, 0.3) is 11.0 Å². The quantitative estimate of drug-likeness (QED) is 0.897. The third-order valence-electron chi connectivity index (χ3n) is 3.64. The highest BCUT2D eigenvalue weighted by atomic mass is 16.5. The van der Waals surface area contributed by atoms with Crippen LogP contribution in [0.2, 0.25) is 0 Å². The Bertz CT molecular complexity index is 591. The first-order valence-electron chi connectivity index (χ1n) is 6.85. The van der Waals surface area contributed by atoms with Gasteiger partial charge in [-0.3, -0.25) is 0 Å². The van der Waals surface area contributed by atoms with Crippen LogP contribution in [0.5, 0.6) is 5.75 Å². The molecule has 100 valence electrons. The lowest BCUT2D eigenvalue weighted by Crippen LogP contribution is -2.34. The van der Waals surface area contributed by atoms with E-state index in [4.69, 9.17) is 4.74 Å². The van der Waals surface area contributed by atoms with E-state index in [1.165, 1.54) is 0 Å². The number of ether oxygens (including phenoxy) is 1. The van der Waals surface area contributed by atoms with Crippen LogP contribution in [-0.4, -0.2) is 29.2 Å². The Hall–Kier alpha value is -1.68. The van der Waals surface area contributed by atoms with E-state index in [0.29, 0.717) is 6.10 Å². The van der Waals surface area contributed by atoms with Gasteiger partial charge in [-0.25, -0.2) is 9.97 Å². The van der Waals surface area contributed by atoms with E-state index in [2.05, 4.69) is 15.3 Å². The third-order valence-corrected chi connectivity index (χ3v) is 3.64. The summed E-state index contributed by atoms with van der Waals surface area (Å²) in [7, 11) is 0. The number of nitrogens with zero attached hydrogens (tertiary/aromatic N) is 2. The van der Waals surface area contributed by atoms with Gasteiger partial charge >= 0.3 is 0 Å².